The Labute approximate surface area is 172 Å². The number of nitrogens with zero attached hydrogens (tertiary/aromatic N) is 1. The van der Waals surface area contributed by atoms with Crippen molar-refractivity contribution in [1.82, 2.24) is 0 Å². The molecule has 0 saturated heterocycles. The zero-order chi connectivity index (χ0) is 21.8. The van der Waals surface area contributed by atoms with Crippen molar-refractivity contribution in [2.45, 2.75) is 11.9 Å². The first-order valence-electron chi connectivity index (χ1n) is 7.67. The maximum atomic E-state index is 12.8. The number of methoxy groups -OCH3 is 1. The zero-order valence-electron chi connectivity index (χ0n) is 14.5. The first-order chi connectivity index (χ1) is 13.5. The number of hydrogen-bond acceptors (Lipinski definition) is 6. The minimum atomic E-state index is -4.72. The maximum Gasteiger partial charge on any atom is 0.494 e. The molecule has 2 aromatic rings. The number of esters is 1. The highest BCUT2D eigenvalue weighted by atomic mass is 35.5. The second kappa shape index (κ2) is 8.75. The number of halogens is 5. The Kier molecular flexibility index (Phi) is 6.81. The summed E-state index contributed by atoms with van der Waals surface area (Å²) in [6.07, 6.45) is -4.72. The summed E-state index contributed by atoms with van der Waals surface area (Å²) in [5.41, 5.74) is -4.01. The van der Waals surface area contributed by atoms with E-state index in [9.17, 15) is 28.1 Å². The molecule has 1 unspecified atom stereocenters. The SMILES string of the molecule is COC(=O)C(COc1c(Cl)cc(C(F)(F)F)cc1Cl)(Oc1ccccc1)[N+](=O)[O-]. The lowest BCUT2D eigenvalue weighted by Gasteiger charge is -2.24. The lowest BCUT2D eigenvalue weighted by atomic mass is 10.2. The van der Waals surface area contributed by atoms with Crippen molar-refractivity contribution in [3.05, 3.63) is 68.2 Å². The number of ether oxygens (including phenoxy) is 3. The molecule has 0 saturated carbocycles. The molecule has 156 valence electrons. The summed E-state index contributed by atoms with van der Waals surface area (Å²) in [5.74, 6) is -1.96. The van der Waals surface area contributed by atoms with E-state index in [0.717, 1.165) is 7.11 Å². The van der Waals surface area contributed by atoms with Crippen LogP contribution in [0.25, 0.3) is 0 Å². The standard InChI is InChI=1S/C17H12Cl2F3NO6/c1-27-15(24)16(23(25)26,29-11-5-3-2-4-6-11)9-28-14-12(18)7-10(8-13(14)19)17(20,21)22/h2-8H,9H2,1H3. The van der Waals surface area contributed by atoms with Crippen LogP contribution < -0.4 is 9.47 Å². The number of carbonyl (C=O) groups excluding carboxylic acids is 1. The molecular weight excluding hydrogens is 442 g/mol. The molecule has 0 aromatic heterocycles. The average Bonchev–Trinajstić information content (AvgIpc) is 2.65. The largest absolute Gasteiger partial charge is 0.494 e. The molecule has 0 aliphatic rings. The molecular formula is C17H12Cl2F3NO6. The molecule has 0 bridgehead atoms. The van der Waals surface area contributed by atoms with E-state index in [1.807, 2.05) is 0 Å². The van der Waals surface area contributed by atoms with Gasteiger partial charge in [-0.05, 0) is 24.3 Å². The zero-order valence-corrected chi connectivity index (χ0v) is 16.0. The number of nitro groups is 1. The van der Waals surface area contributed by atoms with Crippen molar-refractivity contribution in [1.29, 1.82) is 0 Å². The molecule has 1 atom stereocenters. The van der Waals surface area contributed by atoms with E-state index >= 15 is 0 Å². The van der Waals surface area contributed by atoms with Gasteiger partial charge in [0.1, 0.15) is 5.75 Å². The molecule has 0 fully saturated rings. The van der Waals surface area contributed by atoms with Crippen LogP contribution in [-0.2, 0) is 15.7 Å². The second-order valence-corrected chi connectivity index (χ2v) is 6.32. The molecule has 0 amide bonds. The summed E-state index contributed by atoms with van der Waals surface area (Å²) in [5, 5.41) is 10.6. The highest BCUT2D eigenvalue weighted by molar-refractivity contribution is 6.37. The van der Waals surface area contributed by atoms with Crippen LogP contribution in [0.15, 0.2) is 42.5 Å². The van der Waals surface area contributed by atoms with Crippen LogP contribution in [-0.4, -0.2) is 30.3 Å². The monoisotopic (exact) mass is 453 g/mol. The molecule has 0 N–H and O–H groups in total. The van der Waals surface area contributed by atoms with Crippen LogP contribution >= 0.6 is 23.2 Å². The van der Waals surface area contributed by atoms with E-state index in [0.29, 0.717) is 12.1 Å². The minimum Gasteiger partial charge on any atom is -0.478 e. The van der Waals surface area contributed by atoms with Crippen molar-refractivity contribution in [2.75, 3.05) is 13.7 Å². The molecule has 7 nitrogen and oxygen atoms in total. The highest BCUT2D eigenvalue weighted by Gasteiger charge is 2.57. The quantitative estimate of drug-likeness (QED) is 0.263. The highest BCUT2D eigenvalue weighted by Crippen LogP contribution is 2.40. The van der Waals surface area contributed by atoms with Gasteiger partial charge < -0.3 is 14.2 Å². The Balaban J connectivity index is 2.40. The molecule has 0 radical (unpaired) electrons. The van der Waals surface area contributed by atoms with Crippen LogP contribution in [0.4, 0.5) is 13.2 Å². The smallest absolute Gasteiger partial charge is 0.478 e. The predicted octanol–water partition coefficient (Wildman–Crippen LogP) is 4.62. The fourth-order valence-electron chi connectivity index (χ4n) is 2.17. The Morgan fingerprint density at radius 3 is 2.14 bits per heavy atom. The Bertz CT molecular complexity index is 887. The van der Waals surface area contributed by atoms with E-state index in [1.54, 1.807) is 6.07 Å². The molecule has 2 rings (SSSR count). The number of alkyl halides is 3. The lowest BCUT2D eigenvalue weighted by molar-refractivity contribution is -0.601. The normalized spacial score (nSPS) is 13.3. The third kappa shape index (κ3) is 5.01. The van der Waals surface area contributed by atoms with Crippen molar-refractivity contribution in [2.24, 2.45) is 0 Å². The average molecular weight is 454 g/mol. The molecule has 0 spiro atoms. The first-order valence-corrected chi connectivity index (χ1v) is 8.43. The van der Waals surface area contributed by atoms with Gasteiger partial charge in [-0.25, -0.2) is 4.79 Å². The van der Waals surface area contributed by atoms with E-state index in [2.05, 4.69) is 4.74 Å². The molecule has 12 heteroatoms. The summed E-state index contributed by atoms with van der Waals surface area (Å²) in [6.45, 7) is -1.09. The summed E-state index contributed by atoms with van der Waals surface area (Å²) < 4.78 is 53.3. The van der Waals surface area contributed by atoms with Gasteiger partial charge >= 0.3 is 17.9 Å². The van der Waals surface area contributed by atoms with Gasteiger partial charge in [-0.3, -0.25) is 10.1 Å². The number of carbonyl (C=O) groups is 1. The maximum absolute atomic E-state index is 12.8. The Hall–Kier alpha value is -2.72. The topological polar surface area (TPSA) is 87.9 Å². The van der Waals surface area contributed by atoms with Crippen molar-refractivity contribution < 1.29 is 37.1 Å². The molecule has 29 heavy (non-hydrogen) atoms. The van der Waals surface area contributed by atoms with E-state index < -0.39 is 50.8 Å². The van der Waals surface area contributed by atoms with Gasteiger partial charge in [0.05, 0.1) is 27.6 Å². The third-order valence-corrected chi connectivity index (χ3v) is 4.13. The molecule has 0 aliphatic carbocycles. The summed E-state index contributed by atoms with van der Waals surface area (Å²) in [7, 11) is 0.896. The van der Waals surface area contributed by atoms with Crippen LogP contribution in [0.1, 0.15) is 5.56 Å². The van der Waals surface area contributed by atoms with Crippen LogP contribution in [0.2, 0.25) is 10.0 Å². The number of hydrogen-bond donors (Lipinski definition) is 0. The second-order valence-electron chi connectivity index (χ2n) is 5.50. The van der Waals surface area contributed by atoms with Gasteiger partial charge in [0, 0.05) is 0 Å². The minimum absolute atomic E-state index is 0.0530. The van der Waals surface area contributed by atoms with Crippen molar-refractivity contribution in [3.8, 4) is 11.5 Å². The van der Waals surface area contributed by atoms with Gasteiger partial charge in [0.15, 0.2) is 5.75 Å². The fourth-order valence-corrected chi connectivity index (χ4v) is 2.77. The molecule has 0 heterocycles. The summed E-state index contributed by atoms with van der Waals surface area (Å²) in [6, 6.07) is 8.37. The van der Waals surface area contributed by atoms with Crippen molar-refractivity contribution in [3.63, 3.8) is 0 Å². The van der Waals surface area contributed by atoms with E-state index in [1.165, 1.54) is 24.3 Å². The number of para-hydroxylation sites is 1. The molecule has 2 aromatic carbocycles. The van der Waals surface area contributed by atoms with Crippen LogP contribution in [0.3, 0.4) is 0 Å². The van der Waals surface area contributed by atoms with E-state index in [-0.39, 0.29) is 5.75 Å². The lowest BCUT2D eigenvalue weighted by Crippen LogP contribution is -2.56. The van der Waals surface area contributed by atoms with E-state index in [4.69, 9.17) is 32.7 Å². The summed E-state index contributed by atoms with van der Waals surface area (Å²) >= 11 is 11.6. The third-order valence-electron chi connectivity index (χ3n) is 3.57. The summed E-state index contributed by atoms with van der Waals surface area (Å²) in [4.78, 5) is 22.8. The van der Waals surface area contributed by atoms with Crippen molar-refractivity contribution >= 4 is 29.2 Å². The Morgan fingerprint density at radius 1 is 1.14 bits per heavy atom. The number of benzene rings is 2. The predicted molar refractivity (Wildman–Crippen MR) is 95.8 cm³/mol. The molecule has 0 aliphatic heterocycles. The van der Waals surface area contributed by atoms with Crippen LogP contribution in [0, 0.1) is 10.1 Å². The Morgan fingerprint density at radius 2 is 1.69 bits per heavy atom. The van der Waals surface area contributed by atoms with Gasteiger partial charge in [0.2, 0.25) is 6.61 Å². The first kappa shape index (κ1) is 22.6. The van der Waals surface area contributed by atoms with Gasteiger partial charge in [-0.2, -0.15) is 13.2 Å². The van der Waals surface area contributed by atoms with Gasteiger partial charge in [-0.1, -0.05) is 41.4 Å². The fraction of sp³-hybridized carbons (Fsp3) is 0.235. The number of rotatable bonds is 7. The van der Waals surface area contributed by atoms with Gasteiger partial charge in [0.25, 0.3) is 0 Å². The van der Waals surface area contributed by atoms with Gasteiger partial charge in [-0.15, -0.1) is 0 Å². The van der Waals surface area contributed by atoms with Crippen LogP contribution in [0.5, 0.6) is 11.5 Å².